The van der Waals surface area contributed by atoms with Gasteiger partial charge in [0.15, 0.2) is 0 Å². The molecule has 326 valence electrons. The van der Waals surface area contributed by atoms with Crippen LogP contribution in [0.25, 0.3) is 66.4 Å². The molecule has 2 aliphatic carbocycles. The van der Waals surface area contributed by atoms with Crippen LogP contribution in [0.5, 0.6) is 0 Å². The van der Waals surface area contributed by atoms with Gasteiger partial charge in [-0.05, 0) is 113 Å². The van der Waals surface area contributed by atoms with Crippen LogP contribution in [0.1, 0.15) is 47.2 Å². The molecule has 0 heterocycles. The van der Waals surface area contributed by atoms with Gasteiger partial charge in [-0.2, -0.15) is 0 Å². The second-order valence-corrected chi connectivity index (χ2v) is 19.1. The molecule has 0 aliphatic heterocycles. The topological polar surface area (TPSA) is 3.24 Å². The van der Waals surface area contributed by atoms with Crippen molar-refractivity contribution in [3.8, 4) is 55.6 Å². The standard InChI is InChI=1S/C68H49N/c1-67(2)59-35-15-17-37-61(59)68(62-38-18-16-36-60(62)67)58-34-14-12-32-57(58)66-63(68)39-21-41-65(66)69(49-44-42-48(43-45-49)51-33-20-25-47-24-6-7-26-50(47)51)64-40-19-13-31-56(64)55-30-11-10-29-54(55)53-28-9-8-27-52(53)46-22-4-3-5-23-46/h3-45H,1-2H3. The third-order valence-electron chi connectivity index (χ3n) is 15.2. The molecule has 13 rings (SSSR count). The Morgan fingerprint density at radius 1 is 0.275 bits per heavy atom. The van der Waals surface area contributed by atoms with Crippen molar-refractivity contribution >= 4 is 27.8 Å². The van der Waals surface area contributed by atoms with E-state index in [4.69, 9.17) is 0 Å². The Balaban J connectivity index is 1.08. The Labute approximate surface area is 405 Å². The van der Waals surface area contributed by atoms with E-state index in [-0.39, 0.29) is 5.41 Å². The van der Waals surface area contributed by atoms with E-state index in [0.29, 0.717) is 0 Å². The molecule has 1 heteroatoms. The number of hydrogen-bond acceptors (Lipinski definition) is 1. The van der Waals surface area contributed by atoms with Crippen LogP contribution in [-0.2, 0) is 10.8 Å². The van der Waals surface area contributed by atoms with Gasteiger partial charge in [0.1, 0.15) is 0 Å². The van der Waals surface area contributed by atoms with Crippen molar-refractivity contribution < 1.29 is 0 Å². The largest absolute Gasteiger partial charge is 0.309 e. The molecule has 0 fully saturated rings. The van der Waals surface area contributed by atoms with Gasteiger partial charge in [0.2, 0.25) is 0 Å². The molecule has 0 aromatic heterocycles. The highest BCUT2D eigenvalue weighted by molar-refractivity contribution is 6.03. The third kappa shape index (κ3) is 6.17. The summed E-state index contributed by atoms with van der Waals surface area (Å²) in [7, 11) is 0. The van der Waals surface area contributed by atoms with E-state index >= 15 is 0 Å². The average molecular weight is 880 g/mol. The van der Waals surface area contributed by atoms with Gasteiger partial charge < -0.3 is 4.90 Å². The molecule has 2 aliphatic rings. The van der Waals surface area contributed by atoms with Crippen LogP contribution in [-0.4, -0.2) is 0 Å². The van der Waals surface area contributed by atoms with Gasteiger partial charge in [-0.15, -0.1) is 0 Å². The molecule has 0 saturated heterocycles. The lowest BCUT2D eigenvalue weighted by Gasteiger charge is -2.46. The van der Waals surface area contributed by atoms with E-state index in [2.05, 4.69) is 280 Å². The second kappa shape index (κ2) is 16.1. The highest BCUT2D eigenvalue weighted by Gasteiger charge is 2.54. The fourth-order valence-electron chi connectivity index (χ4n) is 12.2. The smallest absolute Gasteiger partial charge is 0.0720 e. The summed E-state index contributed by atoms with van der Waals surface area (Å²) in [6.07, 6.45) is 0. The predicted molar refractivity (Wildman–Crippen MR) is 290 cm³/mol. The molecule has 0 bridgehead atoms. The zero-order valence-corrected chi connectivity index (χ0v) is 38.8. The lowest BCUT2D eigenvalue weighted by atomic mass is 9.55. The van der Waals surface area contributed by atoms with E-state index in [1.54, 1.807) is 0 Å². The first-order chi connectivity index (χ1) is 34.0. The molecule has 1 spiro atoms. The highest BCUT2D eigenvalue weighted by Crippen LogP contribution is 2.64. The molecular formula is C68H49N. The van der Waals surface area contributed by atoms with Gasteiger partial charge in [-0.25, -0.2) is 0 Å². The Kier molecular flexibility index (Phi) is 9.49. The first-order valence-corrected chi connectivity index (χ1v) is 24.2. The minimum Gasteiger partial charge on any atom is -0.309 e. The summed E-state index contributed by atoms with van der Waals surface area (Å²) in [6, 6.07) is 96.9. The van der Waals surface area contributed by atoms with Crippen LogP contribution in [0.4, 0.5) is 17.1 Å². The molecule has 0 atom stereocenters. The lowest BCUT2D eigenvalue weighted by molar-refractivity contribution is 0.563. The van der Waals surface area contributed by atoms with Gasteiger partial charge in [0, 0.05) is 22.2 Å². The van der Waals surface area contributed by atoms with Crippen LogP contribution in [0, 0.1) is 0 Å². The summed E-state index contributed by atoms with van der Waals surface area (Å²) in [5.41, 5.74) is 22.8. The van der Waals surface area contributed by atoms with Gasteiger partial charge in [0.05, 0.1) is 16.8 Å². The van der Waals surface area contributed by atoms with Crippen molar-refractivity contribution in [3.05, 3.63) is 294 Å². The molecule has 11 aromatic carbocycles. The summed E-state index contributed by atoms with van der Waals surface area (Å²) in [6.45, 7) is 4.79. The molecule has 11 aromatic rings. The fraction of sp³-hybridized carbons (Fsp3) is 0.0588. The monoisotopic (exact) mass is 879 g/mol. The number of anilines is 3. The summed E-state index contributed by atoms with van der Waals surface area (Å²) >= 11 is 0. The van der Waals surface area contributed by atoms with Crippen LogP contribution in [0.2, 0.25) is 0 Å². The summed E-state index contributed by atoms with van der Waals surface area (Å²) in [5, 5.41) is 2.49. The van der Waals surface area contributed by atoms with Crippen molar-refractivity contribution in [2.75, 3.05) is 4.90 Å². The number of nitrogens with zero attached hydrogens (tertiary/aromatic N) is 1. The third-order valence-corrected chi connectivity index (χ3v) is 15.2. The average Bonchev–Trinajstić information content (AvgIpc) is 3.72. The molecule has 1 nitrogen and oxygen atoms in total. The Morgan fingerprint density at radius 3 is 1.41 bits per heavy atom. The highest BCUT2D eigenvalue weighted by atomic mass is 15.1. The number of fused-ring (bicyclic) bond motifs is 10. The maximum Gasteiger partial charge on any atom is 0.0720 e. The molecule has 0 amide bonds. The van der Waals surface area contributed by atoms with Crippen molar-refractivity contribution in [1.29, 1.82) is 0 Å². The first kappa shape index (κ1) is 40.7. The number of rotatable bonds is 7. The molecule has 0 N–H and O–H groups in total. The number of para-hydroxylation sites is 1. The number of hydrogen-bond donors (Lipinski definition) is 0. The van der Waals surface area contributed by atoms with Crippen molar-refractivity contribution in [3.63, 3.8) is 0 Å². The normalized spacial score (nSPS) is 13.6. The molecular weight excluding hydrogens is 831 g/mol. The van der Waals surface area contributed by atoms with E-state index in [9.17, 15) is 0 Å². The van der Waals surface area contributed by atoms with Gasteiger partial charge in [0.25, 0.3) is 0 Å². The first-order valence-electron chi connectivity index (χ1n) is 24.2. The SMILES string of the molecule is CC1(C)c2ccccc2C2(c3ccccc3-c3c(N(c4ccc(-c5cccc6ccccc56)cc4)c4ccccc4-c4ccccc4-c4ccccc4-c4ccccc4)cccc32)c2ccccc21. The van der Waals surface area contributed by atoms with Crippen LogP contribution in [0.3, 0.4) is 0 Å². The second-order valence-electron chi connectivity index (χ2n) is 19.1. The predicted octanol–water partition coefficient (Wildman–Crippen LogP) is 18.0. The Bertz CT molecular complexity index is 3710. The quantitative estimate of drug-likeness (QED) is 0.154. The van der Waals surface area contributed by atoms with Crippen LogP contribution < -0.4 is 4.90 Å². The minimum atomic E-state index is -0.526. The fourth-order valence-corrected chi connectivity index (χ4v) is 12.2. The van der Waals surface area contributed by atoms with Crippen molar-refractivity contribution in [2.24, 2.45) is 0 Å². The zero-order chi connectivity index (χ0) is 46.1. The van der Waals surface area contributed by atoms with Crippen molar-refractivity contribution in [2.45, 2.75) is 24.7 Å². The van der Waals surface area contributed by atoms with E-state index in [1.807, 2.05) is 0 Å². The molecule has 0 unspecified atom stereocenters. The minimum absolute atomic E-state index is 0.183. The van der Waals surface area contributed by atoms with E-state index in [0.717, 1.165) is 22.6 Å². The maximum atomic E-state index is 2.54. The Hall–Kier alpha value is -8.52. The van der Waals surface area contributed by atoms with Crippen molar-refractivity contribution in [1.82, 2.24) is 0 Å². The summed E-state index contributed by atoms with van der Waals surface area (Å²) in [4.78, 5) is 2.54. The number of benzene rings is 11. The molecule has 0 saturated carbocycles. The summed E-state index contributed by atoms with van der Waals surface area (Å²) < 4.78 is 0. The van der Waals surface area contributed by atoms with Gasteiger partial charge in [-0.3, -0.25) is 0 Å². The Morgan fingerprint density at radius 2 is 0.710 bits per heavy atom. The molecule has 69 heavy (non-hydrogen) atoms. The summed E-state index contributed by atoms with van der Waals surface area (Å²) in [5.74, 6) is 0. The van der Waals surface area contributed by atoms with Crippen LogP contribution >= 0.6 is 0 Å². The van der Waals surface area contributed by atoms with Crippen LogP contribution in [0.15, 0.2) is 261 Å². The van der Waals surface area contributed by atoms with E-state index in [1.165, 1.54) is 94.2 Å². The lowest BCUT2D eigenvalue weighted by Crippen LogP contribution is -2.40. The molecule has 0 radical (unpaired) electrons. The van der Waals surface area contributed by atoms with Gasteiger partial charge in [-0.1, -0.05) is 250 Å². The zero-order valence-electron chi connectivity index (χ0n) is 38.8. The van der Waals surface area contributed by atoms with Gasteiger partial charge >= 0.3 is 0 Å². The van der Waals surface area contributed by atoms with E-state index < -0.39 is 5.41 Å². The maximum absolute atomic E-state index is 2.54.